The number of nitrogens with zero attached hydrogens (tertiary/aromatic N) is 2. The number of amides is 1. The van der Waals surface area contributed by atoms with Crippen molar-refractivity contribution in [2.24, 2.45) is 4.99 Å². The summed E-state index contributed by atoms with van der Waals surface area (Å²) >= 11 is 6.24. The van der Waals surface area contributed by atoms with Gasteiger partial charge in [-0.25, -0.2) is 0 Å². The number of piperidine rings is 1. The van der Waals surface area contributed by atoms with Crippen LogP contribution in [0.25, 0.3) is 0 Å². The maximum absolute atomic E-state index is 11.8. The molecule has 2 aromatic rings. The molecule has 2 aromatic carbocycles. The first-order valence-corrected chi connectivity index (χ1v) is 10.8. The smallest absolute Gasteiger partial charge is 0.231 e. The van der Waals surface area contributed by atoms with Gasteiger partial charge < -0.3 is 19.5 Å². The van der Waals surface area contributed by atoms with Crippen LogP contribution in [-0.2, 0) is 4.79 Å². The molecule has 162 valence electrons. The number of fused-ring (bicyclic) bond motifs is 1. The standard InChI is InChI=1S/C23H24ClN3O4/c1-14(28)27-8-6-23(7-9-27)25-18(15-2-5-21-22(10-15)31-13-30-21)12-19(26-23)17-11-16(24)3-4-20(17)29/h2-5,10-11,19,26,29H,6-9,12-13H2,1H3. The highest BCUT2D eigenvalue weighted by Crippen LogP contribution is 2.40. The Morgan fingerprint density at radius 1 is 1.19 bits per heavy atom. The molecule has 1 fully saturated rings. The second-order valence-corrected chi connectivity index (χ2v) is 8.70. The van der Waals surface area contributed by atoms with Crippen LogP contribution in [0.15, 0.2) is 41.4 Å². The summed E-state index contributed by atoms with van der Waals surface area (Å²) in [4.78, 5) is 18.8. The minimum atomic E-state index is -0.519. The van der Waals surface area contributed by atoms with Crippen LogP contribution >= 0.6 is 11.6 Å². The number of aliphatic imine (C=N–C) groups is 1. The molecule has 7 nitrogen and oxygen atoms in total. The highest BCUT2D eigenvalue weighted by Gasteiger charge is 2.41. The Morgan fingerprint density at radius 2 is 1.97 bits per heavy atom. The van der Waals surface area contributed by atoms with Crippen LogP contribution in [0.1, 0.15) is 43.4 Å². The van der Waals surface area contributed by atoms with Crippen LogP contribution in [0.2, 0.25) is 5.02 Å². The van der Waals surface area contributed by atoms with Gasteiger partial charge in [0.2, 0.25) is 12.7 Å². The molecule has 0 bridgehead atoms. The zero-order valence-electron chi connectivity index (χ0n) is 17.2. The number of halogens is 1. The van der Waals surface area contributed by atoms with E-state index >= 15 is 0 Å². The van der Waals surface area contributed by atoms with E-state index in [1.165, 1.54) is 0 Å². The van der Waals surface area contributed by atoms with Crippen LogP contribution in [0.3, 0.4) is 0 Å². The summed E-state index contributed by atoms with van der Waals surface area (Å²) in [6.07, 6.45) is 1.97. The SMILES string of the molecule is CC(=O)N1CCC2(CC1)N=C(c1ccc3c(c1)OCO3)CC(c1cc(Cl)ccc1O)N2. The fourth-order valence-corrected chi connectivity index (χ4v) is 4.78. The minimum Gasteiger partial charge on any atom is -0.508 e. The first-order chi connectivity index (χ1) is 14.9. The molecule has 1 spiro atoms. The number of nitrogens with one attached hydrogen (secondary N) is 1. The summed E-state index contributed by atoms with van der Waals surface area (Å²) in [6.45, 7) is 3.08. The van der Waals surface area contributed by atoms with E-state index in [1.54, 1.807) is 25.1 Å². The third-order valence-electron chi connectivity index (χ3n) is 6.30. The van der Waals surface area contributed by atoms with E-state index in [9.17, 15) is 9.90 Å². The van der Waals surface area contributed by atoms with Crippen LogP contribution in [0.5, 0.6) is 17.2 Å². The molecule has 1 saturated heterocycles. The zero-order valence-corrected chi connectivity index (χ0v) is 18.0. The van der Waals surface area contributed by atoms with E-state index in [-0.39, 0.29) is 24.5 Å². The maximum Gasteiger partial charge on any atom is 0.231 e. The average Bonchev–Trinajstić information content (AvgIpc) is 3.23. The van der Waals surface area contributed by atoms with Crippen LogP contribution in [-0.4, -0.2) is 47.2 Å². The van der Waals surface area contributed by atoms with Gasteiger partial charge >= 0.3 is 0 Å². The number of rotatable bonds is 2. The molecule has 5 rings (SSSR count). The Morgan fingerprint density at radius 3 is 2.74 bits per heavy atom. The van der Waals surface area contributed by atoms with Crippen LogP contribution in [0.4, 0.5) is 0 Å². The number of phenolic OH excluding ortho intramolecular Hbond substituents is 1. The molecule has 3 aliphatic heterocycles. The van der Waals surface area contributed by atoms with Crippen LogP contribution in [0, 0.1) is 0 Å². The van der Waals surface area contributed by atoms with Crippen molar-refractivity contribution in [3.8, 4) is 17.2 Å². The quantitative estimate of drug-likeness (QED) is 0.743. The van der Waals surface area contributed by atoms with Gasteiger partial charge in [0, 0.05) is 61.6 Å². The number of carbonyl (C=O) groups excluding carboxylic acids is 1. The molecule has 1 atom stereocenters. The van der Waals surface area contributed by atoms with Gasteiger partial charge in [-0.05, 0) is 42.0 Å². The molecular weight excluding hydrogens is 418 g/mol. The van der Waals surface area contributed by atoms with Crippen molar-refractivity contribution < 1.29 is 19.4 Å². The van der Waals surface area contributed by atoms with E-state index in [0.717, 1.165) is 22.6 Å². The Kier molecular flexibility index (Phi) is 5.02. The first kappa shape index (κ1) is 20.2. The van der Waals surface area contributed by atoms with Crippen molar-refractivity contribution >= 4 is 23.2 Å². The highest BCUT2D eigenvalue weighted by atomic mass is 35.5. The predicted molar refractivity (Wildman–Crippen MR) is 117 cm³/mol. The van der Waals surface area contributed by atoms with Gasteiger partial charge in [-0.2, -0.15) is 0 Å². The monoisotopic (exact) mass is 441 g/mol. The fraction of sp³-hybridized carbons (Fsp3) is 0.391. The molecule has 0 radical (unpaired) electrons. The average molecular weight is 442 g/mol. The second-order valence-electron chi connectivity index (χ2n) is 8.27. The van der Waals surface area contributed by atoms with Gasteiger partial charge in [-0.1, -0.05) is 11.6 Å². The number of hydrogen-bond donors (Lipinski definition) is 2. The molecule has 0 saturated carbocycles. The van der Waals surface area contributed by atoms with Gasteiger partial charge in [0.15, 0.2) is 11.5 Å². The van der Waals surface area contributed by atoms with Crippen LogP contribution < -0.4 is 14.8 Å². The number of carbonyl (C=O) groups is 1. The number of aromatic hydroxyl groups is 1. The first-order valence-electron chi connectivity index (χ1n) is 10.4. The number of hydrogen-bond acceptors (Lipinski definition) is 6. The summed E-state index contributed by atoms with van der Waals surface area (Å²) in [7, 11) is 0. The Labute approximate surface area is 185 Å². The lowest BCUT2D eigenvalue weighted by atomic mass is 9.87. The van der Waals surface area contributed by atoms with E-state index in [0.29, 0.717) is 43.1 Å². The third-order valence-corrected chi connectivity index (χ3v) is 6.53. The van der Waals surface area contributed by atoms with Crippen molar-refractivity contribution in [3.05, 3.63) is 52.5 Å². The van der Waals surface area contributed by atoms with E-state index in [4.69, 9.17) is 26.1 Å². The lowest BCUT2D eigenvalue weighted by molar-refractivity contribution is -0.130. The van der Waals surface area contributed by atoms with Gasteiger partial charge in [0.25, 0.3) is 0 Å². The molecule has 0 aromatic heterocycles. The Bertz CT molecular complexity index is 1060. The third kappa shape index (κ3) is 3.83. The zero-order chi connectivity index (χ0) is 21.6. The highest BCUT2D eigenvalue weighted by molar-refractivity contribution is 6.30. The summed E-state index contributed by atoms with van der Waals surface area (Å²) in [6, 6.07) is 10.8. The minimum absolute atomic E-state index is 0.0784. The maximum atomic E-state index is 11.8. The summed E-state index contributed by atoms with van der Waals surface area (Å²) in [5, 5.41) is 14.8. The molecule has 1 amide bonds. The van der Waals surface area contributed by atoms with Gasteiger partial charge in [0.05, 0.1) is 0 Å². The molecule has 3 heterocycles. The van der Waals surface area contributed by atoms with Gasteiger partial charge in [-0.3, -0.25) is 15.1 Å². The normalized spacial score (nSPS) is 21.8. The molecular formula is C23H24ClN3O4. The van der Waals surface area contributed by atoms with E-state index in [2.05, 4.69) is 5.32 Å². The summed E-state index contributed by atoms with van der Waals surface area (Å²) in [5.74, 6) is 1.72. The molecule has 31 heavy (non-hydrogen) atoms. The lowest BCUT2D eigenvalue weighted by Crippen LogP contribution is -2.56. The Hall–Kier alpha value is -2.77. The van der Waals surface area contributed by atoms with Crippen molar-refractivity contribution in [1.82, 2.24) is 10.2 Å². The molecule has 0 aliphatic carbocycles. The topological polar surface area (TPSA) is 83.4 Å². The second kappa shape index (κ2) is 7.73. The fourth-order valence-electron chi connectivity index (χ4n) is 4.60. The molecule has 8 heteroatoms. The van der Waals surface area contributed by atoms with E-state index < -0.39 is 5.66 Å². The van der Waals surface area contributed by atoms with Crippen molar-refractivity contribution in [3.63, 3.8) is 0 Å². The number of likely N-dealkylation sites (tertiary alicyclic amines) is 1. The van der Waals surface area contributed by atoms with E-state index in [1.807, 2.05) is 23.1 Å². The summed E-state index contributed by atoms with van der Waals surface area (Å²) in [5.41, 5.74) is 2.12. The Balaban J connectivity index is 1.53. The predicted octanol–water partition coefficient (Wildman–Crippen LogP) is 3.64. The van der Waals surface area contributed by atoms with Gasteiger partial charge in [-0.15, -0.1) is 0 Å². The number of phenols is 1. The largest absolute Gasteiger partial charge is 0.508 e. The lowest BCUT2D eigenvalue weighted by Gasteiger charge is -2.45. The number of benzene rings is 2. The molecule has 1 unspecified atom stereocenters. The van der Waals surface area contributed by atoms with Crippen molar-refractivity contribution in [1.29, 1.82) is 0 Å². The summed E-state index contributed by atoms with van der Waals surface area (Å²) < 4.78 is 11.0. The number of ether oxygens (including phenoxy) is 2. The van der Waals surface area contributed by atoms with Gasteiger partial charge in [0.1, 0.15) is 11.4 Å². The van der Waals surface area contributed by atoms with Crippen molar-refractivity contribution in [2.45, 2.75) is 37.9 Å². The molecule has 2 N–H and O–H groups in total. The molecule has 3 aliphatic rings. The van der Waals surface area contributed by atoms with Crippen molar-refractivity contribution in [2.75, 3.05) is 19.9 Å².